The summed E-state index contributed by atoms with van der Waals surface area (Å²) in [5, 5.41) is 7.82. The van der Waals surface area contributed by atoms with Gasteiger partial charge < -0.3 is 5.32 Å². The molecular formula is C19H19N3O5S. The topological polar surface area (TPSA) is 127 Å². The van der Waals surface area contributed by atoms with E-state index in [1.54, 1.807) is 43.3 Å². The lowest BCUT2D eigenvalue weighted by Gasteiger charge is -2.17. The lowest BCUT2D eigenvalue weighted by molar-refractivity contribution is -0.121. The van der Waals surface area contributed by atoms with Gasteiger partial charge >= 0.3 is 0 Å². The molecule has 3 rings (SSSR count). The Kier molecular flexibility index (Phi) is 5.30. The summed E-state index contributed by atoms with van der Waals surface area (Å²) in [6.45, 7) is 1.72. The fraction of sp³-hybridized carbons (Fsp3) is 0.211. The molecule has 28 heavy (non-hydrogen) atoms. The average molecular weight is 401 g/mol. The SMILES string of the molecule is CC(NC(=O)CCN1C(=O)c2ccccc2C1=O)c1ccc(S(N)(=O)=O)cc1. The lowest BCUT2D eigenvalue weighted by Crippen LogP contribution is -2.35. The van der Waals surface area contributed by atoms with Gasteiger partial charge in [0, 0.05) is 13.0 Å². The van der Waals surface area contributed by atoms with Crippen molar-refractivity contribution in [2.24, 2.45) is 5.14 Å². The number of nitrogens with zero attached hydrogens (tertiary/aromatic N) is 1. The Morgan fingerprint density at radius 2 is 1.57 bits per heavy atom. The van der Waals surface area contributed by atoms with Crippen LogP contribution >= 0.6 is 0 Å². The van der Waals surface area contributed by atoms with Crippen LogP contribution in [0.15, 0.2) is 53.4 Å². The number of nitrogens with one attached hydrogen (secondary N) is 1. The quantitative estimate of drug-likeness (QED) is 0.703. The predicted molar refractivity (Wildman–Crippen MR) is 101 cm³/mol. The van der Waals surface area contributed by atoms with Gasteiger partial charge in [0.15, 0.2) is 0 Å². The van der Waals surface area contributed by atoms with E-state index < -0.39 is 21.8 Å². The number of amides is 3. The van der Waals surface area contributed by atoms with Gasteiger partial charge in [0.1, 0.15) is 0 Å². The van der Waals surface area contributed by atoms with Gasteiger partial charge in [-0.05, 0) is 36.8 Å². The first-order chi connectivity index (χ1) is 13.2. The van der Waals surface area contributed by atoms with E-state index in [0.717, 1.165) is 4.90 Å². The molecule has 0 radical (unpaired) electrons. The van der Waals surface area contributed by atoms with E-state index in [-0.39, 0.29) is 29.8 Å². The van der Waals surface area contributed by atoms with Gasteiger partial charge in [-0.3, -0.25) is 19.3 Å². The number of hydrogen-bond donors (Lipinski definition) is 2. The molecule has 0 saturated carbocycles. The van der Waals surface area contributed by atoms with Gasteiger partial charge in [-0.15, -0.1) is 0 Å². The molecule has 3 N–H and O–H groups in total. The van der Waals surface area contributed by atoms with E-state index in [9.17, 15) is 22.8 Å². The minimum Gasteiger partial charge on any atom is -0.350 e. The van der Waals surface area contributed by atoms with Crippen molar-refractivity contribution in [3.8, 4) is 0 Å². The van der Waals surface area contributed by atoms with Crippen molar-refractivity contribution in [3.63, 3.8) is 0 Å². The molecular weight excluding hydrogens is 382 g/mol. The highest BCUT2D eigenvalue weighted by Gasteiger charge is 2.35. The van der Waals surface area contributed by atoms with E-state index in [1.165, 1.54) is 12.1 Å². The van der Waals surface area contributed by atoms with Crippen molar-refractivity contribution < 1.29 is 22.8 Å². The molecule has 9 heteroatoms. The van der Waals surface area contributed by atoms with Gasteiger partial charge in [-0.25, -0.2) is 13.6 Å². The van der Waals surface area contributed by atoms with Gasteiger partial charge in [0.2, 0.25) is 15.9 Å². The third-order valence-electron chi connectivity index (χ3n) is 4.53. The third-order valence-corrected chi connectivity index (χ3v) is 5.46. The molecule has 0 aromatic heterocycles. The van der Waals surface area contributed by atoms with Crippen LogP contribution in [0.4, 0.5) is 0 Å². The monoisotopic (exact) mass is 401 g/mol. The Morgan fingerprint density at radius 1 is 1.04 bits per heavy atom. The zero-order valence-electron chi connectivity index (χ0n) is 15.1. The number of primary sulfonamides is 1. The first kappa shape index (κ1) is 19.7. The van der Waals surface area contributed by atoms with Crippen molar-refractivity contribution in [2.45, 2.75) is 24.3 Å². The first-order valence-electron chi connectivity index (χ1n) is 8.56. The summed E-state index contributed by atoms with van der Waals surface area (Å²) in [5.41, 5.74) is 1.38. The van der Waals surface area contributed by atoms with Gasteiger partial charge in [0.05, 0.1) is 22.1 Å². The molecule has 8 nitrogen and oxygen atoms in total. The van der Waals surface area contributed by atoms with Crippen LogP contribution in [-0.4, -0.2) is 37.6 Å². The van der Waals surface area contributed by atoms with Crippen LogP contribution in [0.3, 0.4) is 0 Å². The normalized spacial score (nSPS) is 14.7. The predicted octanol–water partition coefficient (Wildman–Crippen LogP) is 1.20. The second-order valence-corrected chi connectivity index (χ2v) is 8.02. The maximum atomic E-state index is 12.3. The summed E-state index contributed by atoms with van der Waals surface area (Å²) >= 11 is 0. The second-order valence-electron chi connectivity index (χ2n) is 6.46. The number of carbonyl (C=O) groups is 3. The minimum atomic E-state index is -3.78. The average Bonchev–Trinajstić information content (AvgIpc) is 2.90. The number of rotatable bonds is 6. The number of nitrogens with two attached hydrogens (primary N) is 1. The summed E-state index contributed by atoms with van der Waals surface area (Å²) in [7, 11) is -3.78. The fourth-order valence-electron chi connectivity index (χ4n) is 3.00. The van der Waals surface area contributed by atoms with Crippen LogP contribution in [0.5, 0.6) is 0 Å². The maximum Gasteiger partial charge on any atom is 0.261 e. The Bertz CT molecular complexity index is 1010. The molecule has 0 bridgehead atoms. The largest absolute Gasteiger partial charge is 0.350 e. The minimum absolute atomic E-state index is 0.0135. The van der Waals surface area contributed by atoms with Crippen molar-refractivity contribution in [1.29, 1.82) is 0 Å². The highest BCUT2D eigenvalue weighted by atomic mass is 32.2. The number of carbonyl (C=O) groups excluding carboxylic acids is 3. The van der Waals surface area contributed by atoms with Crippen LogP contribution in [-0.2, 0) is 14.8 Å². The van der Waals surface area contributed by atoms with Crippen LogP contribution < -0.4 is 10.5 Å². The smallest absolute Gasteiger partial charge is 0.261 e. The van der Waals surface area contributed by atoms with Gasteiger partial charge in [0.25, 0.3) is 11.8 Å². The van der Waals surface area contributed by atoms with Crippen LogP contribution in [0.2, 0.25) is 0 Å². The van der Waals surface area contributed by atoms with Crippen molar-refractivity contribution in [2.75, 3.05) is 6.54 Å². The number of fused-ring (bicyclic) bond motifs is 1. The molecule has 0 saturated heterocycles. The van der Waals surface area contributed by atoms with Gasteiger partial charge in [-0.2, -0.15) is 0 Å². The summed E-state index contributed by atoms with van der Waals surface area (Å²) in [4.78, 5) is 37.9. The van der Waals surface area contributed by atoms with E-state index in [2.05, 4.69) is 5.32 Å². The zero-order valence-corrected chi connectivity index (χ0v) is 15.9. The Hall–Kier alpha value is -3.04. The summed E-state index contributed by atoms with van der Waals surface area (Å²) < 4.78 is 22.6. The fourth-order valence-corrected chi connectivity index (χ4v) is 3.51. The van der Waals surface area contributed by atoms with Crippen LogP contribution in [0.25, 0.3) is 0 Å². The molecule has 1 atom stereocenters. The molecule has 0 fully saturated rings. The molecule has 146 valence electrons. The summed E-state index contributed by atoms with van der Waals surface area (Å²) in [6, 6.07) is 12.0. The molecule has 1 unspecified atom stereocenters. The number of hydrogen-bond acceptors (Lipinski definition) is 5. The molecule has 1 heterocycles. The van der Waals surface area contributed by atoms with Gasteiger partial charge in [-0.1, -0.05) is 24.3 Å². The van der Waals surface area contributed by atoms with E-state index in [0.29, 0.717) is 16.7 Å². The van der Waals surface area contributed by atoms with Crippen molar-refractivity contribution in [1.82, 2.24) is 10.2 Å². The number of imide groups is 1. The Labute approximate surface area is 162 Å². The van der Waals surface area contributed by atoms with Crippen LogP contribution in [0.1, 0.15) is 45.7 Å². The third kappa shape index (κ3) is 3.95. The van der Waals surface area contributed by atoms with E-state index >= 15 is 0 Å². The Balaban J connectivity index is 1.58. The highest BCUT2D eigenvalue weighted by molar-refractivity contribution is 7.89. The zero-order chi connectivity index (χ0) is 20.5. The van der Waals surface area contributed by atoms with Crippen molar-refractivity contribution >= 4 is 27.7 Å². The van der Waals surface area contributed by atoms with E-state index in [1.807, 2.05) is 0 Å². The lowest BCUT2D eigenvalue weighted by atomic mass is 10.1. The Morgan fingerprint density at radius 3 is 2.07 bits per heavy atom. The summed E-state index contributed by atoms with van der Waals surface area (Å²) in [6.07, 6.45) is -0.0366. The van der Waals surface area contributed by atoms with Crippen LogP contribution in [0, 0.1) is 0 Å². The molecule has 2 aromatic carbocycles. The molecule has 2 aromatic rings. The first-order valence-corrected chi connectivity index (χ1v) is 10.1. The summed E-state index contributed by atoms with van der Waals surface area (Å²) in [5.74, 6) is -1.14. The second kappa shape index (κ2) is 7.53. The molecule has 0 aliphatic carbocycles. The molecule has 3 amide bonds. The number of sulfonamides is 1. The molecule has 0 spiro atoms. The standard InChI is InChI=1S/C19H19N3O5S/c1-12(13-6-8-14(9-7-13)28(20,26)27)21-17(23)10-11-22-18(24)15-4-2-3-5-16(15)19(22)25/h2-9,12H,10-11H2,1H3,(H,21,23)(H2,20,26,27). The van der Waals surface area contributed by atoms with E-state index in [4.69, 9.17) is 5.14 Å². The highest BCUT2D eigenvalue weighted by Crippen LogP contribution is 2.22. The molecule has 1 aliphatic rings. The maximum absolute atomic E-state index is 12.3. The van der Waals surface area contributed by atoms with Crippen molar-refractivity contribution in [3.05, 3.63) is 65.2 Å². The molecule has 1 aliphatic heterocycles. The number of benzene rings is 2.